The number of aliphatic hydroxyl groups is 1. The van der Waals surface area contributed by atoms with Crippen LogP contribution in [0.5, 0.6) is 0 Å². The molecule has 2 N–H and O–H groups in total. The molecule has 0 saturated heterocycles. The Morgan fingerprint density at radius 1 is 0.946 bits per heavy atom. The van der Waals surface area contributed by atoms with Gasteiger partial charge in [-0.15, -0.1) is 0 Å². The highest BCUT2D eigenvalue weighted by atomic mass is 35.5. The molecule has 37 heavy (non-hydrogen) atoms. The van der Waals surface area contributed by atoms with Crippen LogP contribution in [0.1, 0.15) is 51.7 Å². The van der Waals surface area contributed by atoms with Crippen molar-refractivity contribution in [3.05, 3.63) is 106 Å². The molecule has 3 rings (SSSR count). The highest BCUT2D eigenvalue weighted by molar-refractivity contribution is 6.31. The summed E-state index contributed by atoms with van der Waals surface area (Å²) in [4.78, 5) is 38.5. The number of ether oxygens (including phenoxy) is 2. The number of benzene rings is 3. The maximum atomic E-state index is 14.3. The Hall–Kier alpha value is -3.75. The summed E-state index contributed by atoms with van der Waals surface area (Å²) in [7, 11) is 0. The lowest BCUT2D eigenvalue weighted by Gasteiger charge is -2.26. The van der Waals surface area contributed by atoms with Crippen molar-refractivity contribution in [2.45, 2.75) is 32.6 Å². The van der Waals surface area contributed by atoms with Gasteiger partial charge < -0.3 is 19.9 Å². The monoisotopic (exact) mass is 527 g/mol. The van der Waals surface area contributed by atoms with Gasteiger partial charge >= 0.3 is 11.9 Å². The van der Waals surface area contributed by atoms with E-state index in [1.54, 1.807) is 74.5 Å². The number of esters is 2. The van der Waals surface area contributed by atoms with Crippen molar-refractivity contribution in [1.82, 2.24) is 5.32 Å². The number of rotatable bonds is 10. The smallest absolute Gasteiger partial charge is 0.338 e. The summed E-state index contributed by atoms with van der Waals surface area (Å²) in [5.41, 5.74) is 0.836. The molecule has 0 fully saturated rings. The molecule has 0 aliphatic heterocycles. The average Bonchev–Trinajstić information content (AvgIpc) is 2.89. The van der Waals surface area contributed by atoms with E-state index >= 15 is 0 Å². The predicted molar refractivity (Wildman–Crippen MR) is 135 cm³/mol. The highest BCUT2D eigenvalue weighted by Crippen LogP contribution is 2.28. The molecule has 9 heteroatoms. The quantitative estimate of drug-likeness (QED) is 0.365. The van der Waals surface area contributed by atoms with Crippen molar-refractivity contribution in [3.8, 4) is 0 Å². The van der Waals surface area contributed by atoms with Gasteiger partial charge in [0.2, 0.25) is 0 Å². The maximum Gasteiger partial charge on any atom is 0.338 e. The molecule has 0 bridgehead atoms. The van der Waals surface area contributed by atoms with E-state index in [0.717, 1.165) is 12.1 Å². The number of halogens is 2. The van der Waals surface area contributed by atoms with Gasteiger partial charge in [-0.2, -0.15) is 0 Å². The predicted octanol–water partition coefficient (Wildman–Crippen LogP) is 4.87. The zero-order valence-electron chi connectivity index (χ0n) is 20.3. The SMILES string of the molecule is CC(C)[C@H](OC(=O)c1ccccc1)C(=O)N[C@@H](COC(=O)c1ccccc1)c1cc(F)cc(Cl)c1CO. The number of aliphatic hydroxyl groups excluding tert-OH is 1. The molecule has 0 aliphatic carbocycles. The molecule has 0 aliphatic rings. The molecular weight excluding hydrogens is 501 g/mol. The van der Waals surface area contributed by atoms with Crippen molar-refractivity contribution in [2.24, 2.45) is 5.92 Å². The number of carbonyl (C=O) groups excluding carboxylic acids is 3. The van der Waals surface area contributed by atoms with Crippen molar-refractivity contribution >= 4 is 29.4 Å². The van der Waals surface area contributed by atoms with Gasteiger partial charge in [0, 0.05) is 10.6 Å². The van der Waals surface area contributed by atoms with E-state index in [0.29, 0.717) is 0 Å². The molecule has 2 atom stereocenters. The first kappa shape index (κ1) is 27.8. The van der Waals surface area contributed by atoms with Gasteiger partial charge in [-0.25, -0.2) is 14.0 Å². The number of hydrogen-bond donors (Lipinski definition) is 2. The number of nitrogens with one attached hydrogen (secondary N) is 1. The van der Waals surface area contributed by atoms with Gasteiger partial charge in [-0.1, -0.05) is 61.8 Å². The first-order valence-electron chi connectivity index (χ1n) is 11.6. The summed E-state index contributed by atoms with van der Waals surface area (Å²) < 4.78 is 25.2. The highest BCUT2D eigenvalue weighted by Gasteiger charge is 2.31. The summed E-state index contributed by atoms with van der Waals surface area (Å²) in [6.07, 6.45) is -1.21. The Balaban J connectivity index is 1.87. The molecule has 0 heterocycles. The van der Waals surface area contributed by atoms with Crippen LogP contribution in [-0.4, -0.2) is 35.7 Å². The molecule has 0 radical (unpaired) electrons. The zero-order valence-corrected chi connectivity index (χ0v) is 21.1. The van der Waals surface area contributed by atoms with Gasteiger partial charge in [0.25, 0.3) is 5.91 Å². The van der Waals surface area contributed by atoms with Crippen molar-refractivity contribution in [2.75, 3.05) is 6.61 Å². The third-order valence-corrected chi connectivity index (χ3v) is 5.88. The molecule has 3 aromatic carbocycles. The second kappa shape index (κ2) is 13.0. The standard InChI is InChI=1S/C28H27ClFNO6/c1-17(2)25(37-28(35)19-11-7-4-8-12-19)26(33)31-24(16-36-27(34)18-9-5-3-6-10-18)21-13-20(30)14-23(29)22(21)15-32/h3-14,17,24-25,32H,15-16H2,1-2H3,(H,31,33)/t24-,25-/m0/s1. The Labute approximate surface area is 219 Å². The molecule has 0 spiro atoms. The van der Waals surface area contributed by atoms with Crippen molar-refractivity contribution in [1.29, 1.82) is 0 Å². The third kappa shape index (κ3) is 7.38. The summed E-state index contributed by atoms with van der Waals surface area (Å²) in [6.45, 7) is 2.45. The number of amides is 1. The Morgan fingerprint density at radius 2 is 1.51 bits per heavy atom. The largest absolute Gasteiger partial charge is 0.460 e. The molecule has 0 unspecified atom stereocenters. The lowest BCUT2D eigenvalue weighted by molar-refractivity contribution is -0.133. The van der Waals surface area contributed by atoms with E-state index in [1.165, 1.54) is 0 Å². The topological polar surface area (TPSA) is 102 Å². The van der Waals surface area contributed by atoms with E-state index in [-0.39, 0.29) is 27.3 Å². The fourth-order valence-corrected chi connectivity index (χ4v) is 3.90. The number of carbonyl (C=O) groups is 3. The Kier molecular flexibility index (Phi) is 9.77. The van der Waals surface area contributed by atoms with Gasteiger partial charge in [-0.05, 0) is 47.9 Å². The molecule has 7 nitrogen and oxygen atoms in total. The van der Waals surface area contributed by atoms with Crippen LogP contribution in [0.4, 0.5) is 4.39 Å². The fourth-order valence-electron chi connectivity index (χ4n) is 3.63. The fraction of sp³-hybridized carbons (Fsp3) is 0.250. The van der Waals surface area contributed by atoms with Crippen LogP contribution in [0.3, 0.4) is 0 Å². The summed E-state index contributed by atoms with van der Waals surface area (Å²) in [5, 5.41) is 12.5. The summed E-state index contributed by atoms with van der Waals surface area (Å²) in [5.74, 6) is -3.17. The zero-order chi connectivity index (χ0) is 26.9. The lowest BCUT2D eigenvalue weighted by atomic mass is 9.99. The van der Waals surface area contributed by atoms with Crippen LogP contribution in [0.25, 0.3) is 0 Å². The van der Waals surface area contributed by atoms with Crippen LogP contribution in [0.15, 0.2) is 72.8 Å². The van der Waals surface area contributed by atoms with Crippen LogP contribution in [0, 0.1) is 11.7 Å². The molecular formula is C28H27ClFNO6. The molecule has 194 valence electrons. The van der Waals surface area contributed by atoms with Crippen LogP contribution in [0.2, 0.25) is 5.02 Å². The molecule has 0 saturated carbocycles. The van der Waals surface area contributed by atoms with E-state index in [9.17, 15) is 23.9 Å². The Morgan fingerprint density at radius 3 is 2.05 bits per heavy atom. The minimum atomic E-state index is -1.21. The van der Waals surface area contributed by atoms with Gasteiger partial charge in [0.1, 0.15) is 12.4 Å². The maximum absolute atomic E-state index is 14.3. The van der Waals surface area contributed by atoms with E-state index in [2.05, 4.69) is 5.32 Å². The third-order valence-electron chi connectivity index (χ3n) is 5.54. The van der Waals surface area contributed by atoms with E-state index in [4.69, 9.17) is 21.1 Å². The normalized spacial score (nSPS) is 12.5. The minimum Gasteiger partial charge on any atom is -0.460 e. The minimum absolute atomic E-state index is 0.0537. The number of hydrogen-bond acceptors (Lipinski definition) is 6. The van der Waals surface area contributed by atoms with Gasteiger partial charge in [0.15, 0.2) is 6.10 Å². The van der Waals surface area contributed by atoms with Gasteiger partial charge in [-0.3, -0.25) is 4.79 Å². The second-order valence-electron chi connectivity index (χ2n) is 8.58. The lowest BCUT2D eigenvalue weighted by Crippen LogP contribution is -2.44. The average molecular weight is 528 g/mol. The summed E-state index contributed by atoms with van der Waals surface area (Å²) >= 11 is 6.13. The van der Waals surface area contributed by atoms with Gasteiger partial charge in [0.05, 0.1) is 23.8 Å². The first-order chi connectivity index (χ1) is 17.7. The second-order valence-corrected chi connectivity index (χ2v) is 8.98. The first-order valence-corrected chi connectivity index (χ1v) is 12.0. The van der Waals surface area contributed by atoms with Crippen LogP contribution < -0.4 is 5.32 Å². The van der Waals surface area contributed by atoms with E-state index in [1.807, 2.05) is 0 Å². The molecule has 1 amide bonds. The van der Waals surface area contributed by atoms with Crippen molar-refractivity contribution in [3.63, 3.8) is 0 Å². The van der Waals surface area contributed by atoms with Crippen molar-refractivity contribution < 1.29 is 33.4 Å². The Bertz CT molecular complexity index is 1240. The molecule has 3 aromatic rings. The van der Waals surface area contributed by atoms with Crippen LogP contribution in [-0.2, 0) is 20.9 Å². The molecule has 0 aromatic heterocycles. The van der Waals surface area contributed by atoms with E-state index < -0.39 is 54.9 Å². The summed E-state index contributed by atoms with van der Waals surface area (Å²) in [6, 6.07) is 17.4. The van der Waals surface area contributed by atoms with Crippen LogP contribution >= 0.6 is 11.6 Å².